The summed E-state index contributed by atoms with van der Waals surface area (Å²) in [5, 5.41) is 11.4. The van der Waals surface area contributed by atoms with Gasteiger partial charge in [-0.25, -0.2) is 0 Å². The van der Waals surface area contributed by atoms with E-state index in [1.54, 1.807) is 0 Å². The van der Waals surface area contributed by atoms with Gasteiger partial charge in [-0.05, 0) is 12.8 Å². The molecule has 1 aliphatic carbocycles. The number of nitrogens with zero attached hydrogens (tertiary/aromatic N) is 2. The second kappa shape index (κ2) is 4.90. The van der Waals surface area contributed by atoms with Gasteiger partial charge in [-0.2, -0.15) is 0 Å². The molecule has 9 nitrogen and oxygen atoms in total. The van der Waals surface area contributed by atoms with Crippen LogP contribution in [0.15, 0.2) is 5.16 Å². The van der Waals surface area contributed by atoms with Gasteiger partial charge in [0, 0.05) is 0 Å². The molecular weight excluding hydrogens is 242 g/mol. The first-order chi connectivity index (χ1) is 8.33. The number of hydrogen-bond acceptors (Lipinski definition) is 5. The van der Waals surface area contributed by atoms with Crippen molar-refractivity contribution in [2.45, 2.75) is 12.8 Å². The van der Waals surface area contributed by atoms with Crippen LogP contribution in [-0.4, -0.2) is 46.8 Å². The van der Waals surface area contributed by atoms with Gasteiger partial charge in [0.2, 0.25) is 17.7 Å². The van der Waals surface area contributed by atoms with E-state index in [0.717, 1.165) is 4.90 Å². The average molecular weight is 257 g/mol. The number of rotatable bonds is 6. The van der Waals surface area contributed by atoms with Gasteiger partial charge in [0.25, 0.3) is 0 Å². The summed E-state index contributed by atoms with van der Waals surface area (Å²) in [5.41, 5.74) is 14.3. The summed E-state index contributed by atoms with van der Waals surface area (Å²) >= 11 is 0. The molecule has 1 aliphatic rings. The predicted molar refractivity (Wildman–Crippen MR) is 60.0 cm³/mol. The van der Waals surface area contributed by atoms with Crippen LogP contribution in [0.4, 0.5) is 0 Å². The van der Waals surface area contributed by atoms with Crippen molar-refractivity contribution in [3.63, 3.8) is 0 Å². The van der Waals surface area contributed by atoms with Gasteiger partial charge in [0.15, 0.2) is 5.84 Å². The fraction of sp³-hybridized carbons (Fsp3) is 0.556. The minimum Gasteiger partial charge on any atom is -0.409 e. The van der Waals surface area contributed by atoms with E-state index >= 15 is 0 Å². The Morgan fingerprint density at radius 2 is 1.56 bits per heavy atom. The van der Waals surface area contributed by atoms with Crippen molar-refractivity contribution < 1.29 is 19.6 Å². The number of hydrogen-bond donors (Lipinski definition) is 4. The molecule has 100 valence electrons. The van der Waals surface area contributed by atoms with Crippen LogP contribution in [0.2, 0.25) is 0 Å². The lowest BCUT2D eigenvalue weighted by Crippen LogP contribution is -2.49. The highest BCUT2D eigenvalue weighted by atomic mass is 16.4. The molecule has 1 rings (SSSR count). The van der Waals surface area contributed by atoms with Gasteiger partial charge < -0.3 is 27.3 Å². The van der Waals surface area contributed by atoms with E-state index in [1.807, 2.05) is 0 Å². The minimum atomic E-state index is -1.14. The Kier molecular flexibility index (Phi) is 3.74. The Morgan fingerprint density at radius 3 is 1.83 bits per heavy atom. The van der Waals surface area contributed by atoms with Crippen molar-refractivity contribution in [2.75, 3.05) is 13.1 Å². The quantitative estimate of drug-likeness (QED) is 0.176. The zero-order chi connectivity index (χ0) is 13.9. The Morgan fingerprint density at radius 1 is 1.11 bits per heavy atom. The molecule has 3 amide bonds. The first kappa shape index (κ1) is 13.7. The summed E-state index contributed by atoms with van der Waals surface area (Å²) in [4.78, 5) is 34.7. The van der Waals surface area contributed by atoms with Gasteiger partial charge in [0.05, 0.1) is 13.1 Å². The highest BCUT2D eigenvalue weighted by molar-refractivity contribution is 6.10. The van der Waals surface area contributed by atoms with Gasteiger partial charge in [0.1, 0.15) is 5.41 Å². The summed E-state index contributed by atoms with van der Waals surface area (Å²) < 4.78 is 0. The molecule has 0 aromatic rings. The average Bonchev–Trinajstić information content (AvgIpc) is 3.06. The predicted octanol–water partition coefficient (Wildman–Crippen LogP) is -2.69. The number of carbonyl (C=O) groups is 3. The van der Waals surface area contributed by atoms with Crippen LogP contribution < -0.4 is 17.2 Å². The van der Waals surface area contributed by atoms with Gasteiger partial charge in [-0.1, -0.05) is 5.16 Å². The number of oxime groups is 1. The molecule has 0 atom stereocenters. The smallest absolute Gasteiger partial charge is 0.237 e. The van der Waals surface area contributed by atoms with E-state index in [1.165, 1.54) is 0 Å². The molecule has 1 saturated carbocycles. The van der Waals surface area contributed by atoms with Gasteiger partial charge in [-0.3, -0.25) is 14.4 Å². The van der Waals surface area contributed by atoms with Crippen LogP contribution in [0, 0.1) is 5.41 Å². The van der Waals surface area contributed by atoms with Crippen molar-refractivity contribution in [2.24, 2.45) is 27.8 Å². The fourth-order valence-electron chi connectivity index (χ4n) is 1.68. The monoisotopic (exact) mass is 257 g/mol. The van der Waals surface area contributed by atoms with Crippen molar-refractivity contribution in [3.8, 4) is 0 Å². The second-order valence-electron chi connectivity index (χ2n) is 4.16. The topological polar surface area (TPSA) is 165 Å². The van der Waals surface area contributed by atoms with Crippen molar-refractivity contribution in [3.05, 3.63) is 0 Å². The Bertz CT molecular complexity index is 399. The second-order valence-corrected chi connectivity index (χ2v) is 4.16. The fourth-order valence-corrected chi connectivity index (χ4v) is 1.68. The van der Waals surface area contributed by atoms with Crippen LogP contribution in [0.5, 0.6) is 0 Å². The molecule has 0 radical (unpaired) electrons. The number of primary amides is 2. The summed E-state index contributed by atoms with van der Waals surface area (Å²) in [6.45, 7) is -0.884. The van der Waals surface area contributed by atoms with Gasteiger partial charge >= 0.3 is 0 Å². The van der Waals surface area contributed by atoms with E-state index < -0.39 is 36.2 Å². The lowest BCUT2D eigenvalue weighted by Gasteiger charge is -2.24. The highest BCUT2D eigenvalue weighted by Gasteiger charge is 2.56. The maximum Gasteiger partial charge on any atom is 0.237 e. The Labute approximate surface area is 103 Å². The van der Waals surface area contributed by atoms with Crippen LogP contribution in [-0.2, 0) is 14.4 Å². The molecule has 0 aromatic carbocycles. The zero-order valence-corrected chi connectivity index (χ0v) is 9.63. The normalized spacial score (nSPS) is 17.0. The van der Waals surface area contributed by atoms with Crippen molar-refractivity contribution in [1.29, 1.82) is 0 Å². The number of carbonyl (C=O) groups excluding carboxylic acids is 3. The van der Waals surface area contributed by atoms with E-state index in [0.29, 0.717) is 12.8 Å². The first-order valence-electron chi connectivity index (χ1n) is 5.17. The molecule has 0 spiro atoms. The third-order valence-electron chi connectivity index (χ3n) is 2.74. The largest absolute Gasteiger partial charge is 0.409 e. The standard InChI is InChI=1S/C9H15N5O4/c10-5(15)3-14(4-6(11)16)8(17)9(1-2-9)7(12)13-18/h18H,1-4H2,(H2,10,15)(H2,11,16)(H2,12,13). The molecular formula is C9H15N5O4. The molecule has 0 bridgehead atoms. The van der Waals surface area contributed by atoms with Crippen LogP contribution in [0.3, 0.4) is 0 Å². The van der Waals surface area contributed by atoms with Crippen molar-refractivity contribution >= 4 is 23.6 Å². The summed E-state index contributed by atoms with van der Waals surface area (Å²) in [6.07, 6.45) is 0.769. The van der Waals surface area contributed by atoms with E-state index in [9.17, 15) is 14.4 Å². The Balaban J connectivity index is 2.89. The minimum absolute atomic E-state index is 0.244. The van der Waals surface area contributed by atoms with Crippen LogP contribution >= 0.6 is 0 Å². The summed E-state index contributed by atoms with van der Waals surface area (Å²) in [7, 11) is 0. The third-order valence-corrected chi connectivity index (χ3v) is 2.74. The summed E-state index contributed by atoms with van der Waals surface area (Å²) in [6, 6.07) is 0. The lowest BCUT2D eigenvalue weighted by molar-refractivity contribution is -0.140. The van der Waals surface area contributed by atoms with E-state index in [4.69, 9.17) is 22.4 Å². The van der Waals surface area contributed by atoms with E-state index in [2.05, 4.69) is 5.16 Å². The lowest BCUT2D eigenvalue weighted by atomic mass is 10.0. The van der Waals surface area contributed by atoms with Gasteiger partial charge in [-0.15, -0.1) is 0 Å². The third kappa shape index (κ3) is 2.67. The molecule has 9 heteroatoms. The molecule has 0 unspecified atom stereocenters. The molecule has 0 heterocycles. The molecule has 0 aromatic heterocycles. The maximum absolute atomic E-state index is 12.1. The van der Waals surface area contributed by atoms with E-state index in [-0.39, 0.29) is 5.84 Å². The zero-order valence-electron chi connectivity index (χ0n) is 9.63. The highest BCUT2D eigenvalue weighted by Crippen LogP contribution is 2.47. The molecule has 7 N–H and O–H groups in total. The SMILES string of the molecule is NC(=O)CN(CC(N)=O)C(=O)C1(C(N)=NO)CC1. The first-order valence-corrected chi connectivity index (χ1v) is 5.17. The number of amidine groups is 1. The molecule has 0 saturated heterocycles. The molecule has 18 heavy (non-hydrogen) atoms. The molecule has 0 aliphatic heterocycles. The van der Waals surface area contributed by atoms with Crippen molar-refractivity contribution in [1.82, 2.24) is 4.90 Å². The van der Waals surface area contributed by atoms with Crippen LogP contribution in [0.1, 0.15) is 12.8 Å². The number of amides is 3. The summed E-state index contributed by atoms with van der Waals surface area (Å²) in [5.74, 6) is -2.39. The Hall–Kier alpha value is -2.32. The maximum atomic E-state index is 12.1. The number of nitrogens with two attached hydrogens (primary N) is 3. The molecule has 1 fully saturated rings. The van der Waals surface area contributed by atoms with Crippen LogP contribution in [0.25, 0.3) is 0 Å².